The molecule has 0 bridgehead atoms. The molecule has 0 aliphatic carbocycles. The molecule has 0 radical (unpaired) electrons. The van der Waals surface area contributed by atoms with Crippen molar-refractivity contribution in [3.05, 3.63) is 0 Å². The summed E-state index contributed by atoms with van der Waals surface area (Å²) in [6.45, 7) is 7.70. The number of methoxy groups -OCH3 is 2. The maximum absolute atomic E-state index is 14.0. The van der Waals surface area contributed by atoms with E-state index in [1.807, 2.05) is 27.7 Å². The van der Waals surface area contributed by atoms with Crippen molar-refractivity contribution in [2.45, 2.75) is 58.6 Å². The van der Waals surface area contributed by atoms with Crippen molar-refractivity contribution < 1.29 is 23.4 Å². The van der Waals surface area contributed by atoms with Crippen molar-refractivity contribution in [1.82, 2.24) is 0 Å². The van der Waals surface area contributed by atoms with E-state index >= 15 is 0 Å². The van der Waals surface area contributed by atoms with E-state index in [1.54, 1.807) is 0 Å². The summed E-state index contributed by atoms with van der Waals surface area (Å²) in [5.74, 6) is -1.92. The summed E-state index contributed by atoms with van der Waals surface area (Å²) in [5, 5.41) is 0. The van der Waals surface area contributed by atoms with E-state index in [0.29, 0.717) is 12.8 Å². The van der Waals surface area contributed by atoms with E-state index in [2.05, 4.69) is 0 Å². The molecule has 5 heteroatoms. The monoisotopic (exact) mass is 290 g/mol. The van der Waals surface area contributed by atoms with Crippen LogP contribution in [0.4, 0.5) is 4.39 Å². The molecule has 0 amide bonds. The van der Waals surface area contributed by atoms with Crippen LogP contribution in [0.15, 0.2) is 0 Å². The van der Waals surface area contributed by atoms with Gasteiger partial charge in [0.15, 0.2) is 0 Å². The molecule has 0 aromatic heterocycles. The zero-order valence-corrected chi connectivity index (χ0v) is 13.3. The Labute approximate surface area is 121 Å². The Morgan fingerprint density at radius 2 is 2.05 bits per heavy atom. The summed E-state index contributed by atoms with van der Waals surface area (Å²) in [7, 11) is 2.73. The third-order valence-electron chi connectivity index (χ3n) is 4.64. The van der Waals surface area contributed by atoms with Gasteiger partial charge in [0.25, 0.3) is 5.79 Å². The fourth-order valence-electron chi connectivity index (χ4n) is 2.97. The quantitative estimate of drug-likeness (QED) is 0.730. The number of carbonyl (C=O) groups excluding carboxylic acids is 1. The van der Waals surface area contributed by atoms with Gasteiger partial charge < -0.3 is 14.2 Å². The van der Waals surface area contributed by atoms with Gasteiger partial charge >= 0.3 is 5.97 Å². The Kier molecular flexibility index (Phi) is 5.95. The van der Waals surface area contributed by atoms with Gasteiger partial charge in [-0.1, -0.05) is 27.7 Å². The predicted molar refractivity (Wildman–Crippen MR) is 73.9 cm³/mol. The van der Waals surface area contributed by atoms with E-state index in [0.717, 1.165) is 0 Å². The third-order valence-corrected chi connectivity index (χ3v) is 4.64. The first kappa shape index (κ1) is 17.4. The first-order chi connectivity index (χ1) is 9.32. The van der Waals surface area contributed by atoms with E-state index in [4.69, 9.17) is 14.2 Å². The molecule has 0 aromatic carbocycles. The standard InChI is InChI=1S/C15H27FO4/c1-7-12(16)11(4)13-10(3)9(2)8-15(19-6,20-13)14(17)18-5/h9-13H,7-8H2,1-6H3/t9-,10-,11-,12-,13?,15+/m1/s1. The van der Waals surface area contributed by atoms with Crippen LogP contribution in [0.3, 0.4) is 0 Å². The SMILES string of the molecule is CC[C@@H](F)[C@@H](C)C1O[C@](OC)(C(=O)OC)C[C@@H](C)[C@H]1C. The van der Waals surface area contributed by atoms with Gasteiger partial charge in [0.1, 0.15) is 6.17 Å². The Hall–Kier alpha value is -0.680. The number of carbonyl (C=O) groups is 1. The highest BCUT2D eigenvalue weighted by Gasteiger charge is 2.52. The zero-order valence-electron chi connectivity index (χ0n) is 13.3. The van der Waals surface area contributed by atoms with E-state index in [-0.39, 0.29) is 23.9 Å². The van der Waals surface area contributed by atoms with E-state index in [1.165, 1.54) is 14.2 Å². The van der Waals surface area contributed by atoms with Crippen LogP contribution in [0.2, 0.25) is 0 Å². The molecule has 1 fully saturated rings. The number of alkyl halides is 1. The first-order valence-corrected chi connectivity index (χ1v) is 7.28. The average molecular weight is 290 g/mol. The molecule has 6 atom stereocenters. The normalized spacial score (nSPS) is 37.2. The van der Waals surface area contributed by atoms with Crippen molar-refractivity contribution in [3.8, 4) is 0 Å². The number of esters is 1. The lowest BCUT2D eigenvalue weighted by Gasteiger charge is -2.46. The molecule has 0 spiro atoms. The molecule has 4 nitrogen and oxygen atoms in total. The minimum Gasteiger partial charge on any atom is -0.465 e. The van der Waals surface area contributed by atoms with Gasteiger partial charge in [0.2, 0.25) is 0 Å². The van der Waals surface area contributed by atoms with Crippen molar-refractivity contribution in [2.24, 2.45) is 17.8 Å². The first-order valence-electron chi connectivity index (χ1n) is 7.28. The Balaban J connectivity index is 3.02. The third kappa shape index (κ3) is 3.14. The second-order valence-electron chi connectivity index (χ2n) is 5.85. The van der Waals surface area contributed by atoms with Crippen LogP contribution < -0.4 is 0 Å². The smallest absolute Gasteiger partial charge is 0.366 e. The molecule has 20 heavy (non-hydrogen) atoms. The fourth-order valence-corrected chi connectivity index (χ4v) is 2.97. The molecular weight excluding hydrogens is 263 g/mol. The van der Waals surface area contributed by atoms with Gasteiger partial charge in [-0.05, 0) is 18.3 Å². The van der Waals surface area contributed by atoms with Crippen LogP contribution in [0.25, 0.3) is 0 Å². The topological polar surface area (TPSA) is 44.8 Å². The maximum Gasteiger partial charge on any atom is 0.366 e. The molecular formula is C15H27FO4. The molecule has 118 valence electrons. The van der Waals surface area contributed by atoms with Crippen LogP contribution in [-0.2, 0) is 19.0 Å². The largest absolute Gasteiger partial charge is 0.465 e. The van der Waals surface area contributed by atoms with Gasteiger partial charge in [0.05, 0.1) is 13.2 Å². The molecule has 1 unspecified atom stereocenters. The Bertz CT molecular complexity index is 336. The number of rotatable bonds is 5. The number of halogens is 1. The minimum absolute atomic E-state index is 0.155. The van der Waals surface area contributed by atoms with Gasteiger partial charge in [-0.25, -0.2) is 9.18 Å². The summed E-state index contributed by atoms with van der Waals surface area (Å²) >= 11 is 0. The lowest BCUT2D eigenvalue weighted by Crippen LogP contribution is -2.56. The van der Waals surface area contributed by atoms with E-state index in [9.17, 15) is 9.18 Å². The second kappa shape index (κ2) is 6.85. The van der Waals surface area contributed by atoms with Gasteiger partial charge in [0, 0.05) is 19.4 Å². The van der Waals surface area contributed by atoms with E-state index < -0.39 is 17.9 Å². The van der Waals surface area contributed by atoms with Crippen LogP contribution >= 0.6 is 0 Å². The van der Waals surface area contributed by atoms with Gasteiger partial charge in [-0.3, -0.25) is 0 Å². The molecule has 1 aliphatic rings. The zero-order chi connectivity index (χ0) is 15.5. The number of ether oxygens (including phenoxy) is 3. The van der Waals surface area contributed by atoms with Crippen LogP contribution in [0.5, 0.6) is 0 Å². The maximum atomic E-state index is 14.0. The summed E-state index contributed by atoms with van der Waals surface area (Å²) in [4.78, 5) is 12.0. The Morgan fingerprint density at radius 1 is 1.45 bits per heavy atom. The molecule has 0 saturated carbocycles. The van der Waals surface area contributed by atoms with Crippen LogP contribution in [0, 0.1) is 17.8 Å². The number of hydrogen-bond donors (Lipinski definition) is 0. The average Bonchev–Trinajstić information content (AvgIpc) is 2.47. The minimum atomic E-state index is -1.41. The van der Waals surface area contributed by atoms with Crippen molar-refractivity contribution >= 4 is 5.97 Å². The molecule has 0 aromatic rings. The highest BCUT2D eigenvalue weighted by Crippen LogP contribution is 2.41. The molecule has 1 aliphatic heterocycles. The summed E-state index contributed by atoms with van der Waals surface area (Å²) in [5.41, 5.74) is 0. The predicted octanol–water partition coefficient (Wildman–Crippen LogP) is 2.95. The fraction of sp³-hybridized carbons (Fsp3) is 0.933. The summed E-state index contributed by atoms with van der Waals surface area (Å²) in [6, 6.07) is 0. The van der Waals surface area contributed by atoms with Crippen LogP contribution in [0.1, 0.15) is 40.5 Å². The lowest BCUT2D eigenvalue weighted by atomic mass is 9.76. The van der Waals surface area contributed by atoms with Gasteiger partial charge in [-0.15, -0.1) is 0 Å². The summed E-state index contributed by atoms with van der Waals surface area (Å²) < 4.78 is 30.0. The summed E-state index contributed by atoms with van der Waals surface area (Å²) in [6.07, 6.45) is -0.475. The molecule has 1 saturated heterocycles. The molecule has 1 rings (SSSR count). The highest BCUT2D eigenvalue weighted by molar-refractivity contribution is 5.78. The second-order valence-corrected chi connectivity index (χ2v) is 5.85. The molecule has 1 heterocycles. The van der Waals surface area contributed by atoms with Gasteiger partial charge in [-0.2, -0.15) is 0 Å². The van der Waals surface area contributed by atoms with Crippen molar-refractivity contribution in [1.29, 1.82) is 0 Å². The van der Waals surface area contributed by atoms with Crippen molar-refractivity contribution in [2.75, 3.05) is 14.2 Å². The Morgan fingerprint density at radius 3 is 2.50 bits per heavy atom. The van der Waals surface area contributed by atoms with Crippen LogP contribution in [-0.4, -0.2) is 38.3 Å². The molecule has 0 N–H and O–H groups in total. The lowest BCUT2D eigenvalue weighted by molar-refractivity contribution is -0.296. The van der Waals surface area contributed by atoms with Crippen molar-refractivity contribution in [3.63, 3.8) is 0 Å². The number of hydrogen-bond acceptors (Lipinski definition) is 4. The highest BCUT2D eigenvalue weighted by atomic mass is 19.1.